The highest BCUT2D eigenvalue weighted by Crippen LogP contribution is 2.23. The van der Waals surface area contributed by atoms with Crippen LogP contribution < -0.4 is 5.32 Å². The summed E-state index contributed by atoms with van der Waals surface area (Å²) in [5, 5.41) is 17.9. The van der Waals surface area contributed by atoms with Crippen molar-refractivity contribution < 1.29 is 9.90 Å². The molecule has 0 spiro atoms. The van der Waals surface area contributed by atoms with E-state index >= 15 is 0 Å². The molecule has 5 nitrogen and oxygen atoms in total. The lowest BCUT2D eigenvalue weighted by atomic mass is 10.1. The summed E-state index contributed by atoms with van der Waals surface area (Å²) in [7, 11) is 0. The summed E-state index contributed by atoms with van der Waals surface area (Å²) in [6.07, 6.45) is 0.227. The maximum Gasteiger partial charge on any atom is 0.224 e. The molecule has 0 aliphatic carbocycles. The molecule has 3 rings (SSSR count). The van der Waals surface area contributed by atoms with Gasteiger partial charge >= 0.3 is 0 Å². The Kier molecular flexibility index (Phi) is 5.51. The third-order valence-electron chi connectivity index (χ3n) is 4.65. The predicted molar refractivity (Wildman–Crippen MR) is 106 cm³/mol. The number of halogens is 1. The van der Waals surface area contributed by atoms with Crippen molar-refractivity contribution in [3.63, 3.8) is 0 Å². The van der Waals surface area contributed by atoms with E-state index in [1.165, 1.54) is 0 Å². The third kappa shape index (κ3) is 4.14. The first kappa shape index (κ1) is 19.0. The first-order valence-corrected chi connectivity index (χ1v) is 9.10. The lowest BCUT2D eigenvalue weighted by Gasteiger charge is -2.09. The quantitative estimate of drug-likeness (QED) is 0.699. The summed E-state index contributed by atoms with van der Waals surface area (Å²) in [6.45, 7) is 6.07. The summed E-state index contributed by atoms with van der Waals surface area (Å²) in [4.78, 5) is 12.4. The molecular weight excluding hydrogens is 362 g/mol. The Morgan fingerprint density at radius 2 is 1.93 bits per heavy atom. The van der Waals surface area contributed by atoms with Crippen LogP contribution in [0.25, 0.3) is 5.69 Å². The minimum absolute atomic E-state index is 0.119. The average molecular weight is 384 g/mol. The molecule has 0 unspecified atom stereocenters. The Hall–Kier alpha value is -2.79. The van der Waals surface area contributed by atoms with Crippen molar-refractivity contribution in [2.75, 3.05) is 0 Å². The van der Waals surface area contributed by atoms with Crippen LogP contribution in [0.3, 0.4) is 0 Å². The number of nitrogens with zero attached hydrogens (tertiary/aromatic N) is 2. The van der Waals surface area contributed by atoms with E-state index in [4.69, 9.17) is 11.6 Å². The fourth-order valence-electron chi connectivity index (χ4n) is 2.97. The summed E-state index contributed by atoms with van der Waals surface area (Å²) < 4.78 is 1.81. The van der Waals surface area contributed by atoms with E-state index < -0.39 is 0 Å². The van der Waals surface area contributed by atoms with Crippen molar-refractivity contribution in [2.45, 2.75) is 33.7 Å². The molecule has 0 aliphatic heterocycles. The summed E-state index contributed by atoms with van der Waals surface area (Å²) in [5.74, 6) is 0.0557. The van der Waals surface area contributed by atoms with Gasteiger partial charge in [0.05, 0.1) is 17.8 Å². The van der Waals surface area contributed by atoms with Gasteiger partial charge in [0.15, 0.2) is 0 Å². The van der Waals surface area contributed by atoms with Gasteiger partial charge in [-0.3, -0.25) is 4.79 Å². The lowest BCUT2D eigenvalue weighted by molar-refractivity contribution is -0.120. The fourth-order valence-corrected chi connectivity index (χ4v) is 3.15. The monoisotopic (exact) mass is 383 g/mol. The Morgan fingerprint density at radius 3 is 2.63 bits per heavy atom. The number of amides is 1. The molecule has 0 atom stereocenters. The molecule has 1 amide bonds. The molecule has 0 saturated carbocycles. The van der Waals surface area contributed by atoms with Crippen LogP contribution in [-0.2, 0) is 17.8 Å². The number of aromatic nitrogens is 2. The van der Waals surface area contributed by atoms with E-state index in [9.17, 15) is 9.90 Å². The molecule has 0 saturated heterocycles. The van der Waals surface area contributed by atoms with Crippen molar-refractivity contribution in [1.82, 2.24) is 15.1 Å². The first-order chi connectivity index (χ1) is 12.9. The molecule has 1 aromatic heterocycles. The molecule has 0 fully saturated rings. The van der Waals surface area contributed by atoms with Crippen molar-refractivity contribution in [3.8, 4) is 11.4 Å². The van der Waals surface area contributed by atoms with Crippen LogP contribution in [0.2, 0.25) is 5.02 Å². The number of carbonyl (C=O) groups excluding carboxylic acids is 1. The Labute approximate surface area is 163 Å². The number of aromatic hydroxyl groups is 1. The Bertz CT molecular complexity index is 995. The van der Waals surface area contributed by atoms with Gasteiger partial charge in [0.2, 0.25) is 5.91 Å². The molecule has 2 aromatic carbocycles. The summed E-state index contributed by atoms with van der Waals surface area (Å²) >= 11 is 6.23. The zero-order chi connectivity index (χ0) is 19.6. The second-order valence-corrected chi connectivity index (χ2v) is 6.98. The van der Waals surface area contributed by atoms with Gasteiger partial charge in [0, 0.05) is 28.4 Å². The second kappa shape index (κ2) is 7.84. The van der Waals surface area contributed by atoms with E-state index in [2.05, 4.69) is 10.4 Å². The van der Waals surface area contributed by atoms with Crippen molar-refractivity contribution >= 4 is 17.5 Å². The highest BCUT2D eigenvalue weighted by Gasteiger charge is 2.16. The molecule has 140 valence electrons. The highest BCUT2D eigenvalue weighted by atomic mass is 35.5. The van der Waals surface area contributed by atoms with E-state index in [-0.39, 0.29) is 24.6 Å². The smallest absolute Gasteiger partial charge is 0.224 e. The van der Waals surface area contributed by atoms with Gasteiger partial charge in [-0.1, -0.05) is 35.9 Å². The van der Waals surface area contributed by atoms with Crippen molar-refractivity contribution in [2.24, 2.45) is 0 Å². The summed E-state index contributed by atoms with van der Waals surface area (Å²) in [5.41, 5.74) is 5.16. The first-order valence-electron chi connectivity index (χ1n) is 8.72. The Morgan fingerprint density at radius 1 is 1.19 bits per heavy atom. The number of aryl methyl sites for hydroxylation is 2. The van der Waals surface area contributed by atoms with Crippen LogP contribution in [0.15, 0.2) is 42.5 Å². The molecule has 2 N–H and O–H groups in total. The Balaban J connectivity index is 1.75. The number of benzene rings is 2. The minimum atomic E-state index is -0.119. The molecule has 1 heterocycles. The lowest BCUT2D eigenvalue weighted by Crippen LogP contribution is -2.25. The molecule has 0 bridgehead atoms. The van der Waals surface area contributed by atoms with Crippen molar-refractivity contribution in [1.29, 1.82) is 0 Å². The maximum absolute atomic E-state index is 12.4. The maximum atomic E-state index is 12.4. The van der Waals surface area contributed by atoms with Gasteiger partial charge in [0.1, 0.15) is 5.75 Å². The third-order valence-corrected chi connectivity index (χ3v) is 5.05. The van der Waals surface area contributed by atoms with Crippen LogP contribution in [-0.4, -0.2) is 20.8 Å². The molecule has 0 radical (unpaired) electrons. The number of rotatable bonds is 5. The van der Waals surface area contributed by atoms with Crippen LogP contribution in [0.4, 0.5) is 0 Å². The number of nitrogens with one attached hydrogen (secondary N) is 1. The van der Waals surface area contributed by atoms with Gasteiger partial charge in [-0.2, -0.15) is 5.10 Å². The predicted octanol–water partition coefficient (Wildman–Crippen LogP) is 4.02. The SMILES string of the molecule is Cc1ccc(-n2nc(C)c(CC(=O)NCc3ccccc3O)c2C)cc1Cl. The van der Waals surface area contributed by atoms with Gasteiger partial charge < -0.3 is 10.4 Å². The van der Waals surface area contributed by atoms with Crippen LogP contribution in [0.1, 0.15) is 28.1 Å². The largest absolute Gasteiger partial charge is 0.508 e. The van der Waals surface area contributed by atoms with Gasteiger partial charge in [-0.25, -0.2) is 4.68 Å². The second-order valence-electron chi connectivity index (χ2n) is 6.58. The normalized spacial score (nSPS) is 10.8. The van der Waals surface area contributed by atoms with Crippen molar-refractivity contribution in [3.05, 3.63) is 75.6 Å². The van der Waals surface area contributed by atoms with Crippen LogP contribution >= 0.6 is 11.6 Å². The number of carbonyl (C=O) groups is 1. The van der Waals surface area contributed by atoms with E-state index in [1.807, 2.05) is 49.7 Å². The van der Waals surface area contributed by atoms with Gasteiger partial charge in [-0.15, -0.1) is 0 Å². The minimum Gasteiger partial charge on any atom is -0.508 e. The number of para-hydroxylation sites is 1. The van der Waals surface area contributed by atoms with Gasteiger partial charge in [0.25, 0.3) is 0 Å². The van der Waals surface area contributed by atoms with Gasteiger partial charge in [-0.05, 0) is 44.5 Å². The summed E-state index contributed by atoms with van der Waals surface area (Å²) in [6, 6.07) is 12.7. The van der Waals surface area contributed by atoms with E-state index in [0.717, 1.165) is 28.2 Å². The molecule has 3 aromatic rings. The van der Waals surface area contributed by atoms with E-state index in [1.54, 1.807) is 18.2 Å². The zero-order valence-electron chi connectivity index (χ0n) is 15.6. The highest BCUT2D eigenvalue weighted by molar-refractivity contribution is 6.31. The number of phenols is 1. The molecule has 27 heavy (non-hydrogen) atoms. The molecular formula is C21H22ClN3O2. The fraction of sp³-hybridized carbons (Fsp3) is 0.238. The number of hydrogen-bond donors (Lipinski definition) is 2. The average Bonchev–Trinajstić information content (AvgIpc) is 2.91. The number of phenolic OH excluding ortho intramolecular Hbond substituents is 1. The number of hydrogen-bond acceptors (Lipinski definition) is 3. The van der Waals surface area contributed by atoms with E-state index in [0.29, 0.717) is 10.6 Å². The van der Waals surface area contributed by atoms with Crippen LogP contribution in [0.5, 0.6) is 5.75 Å². The topological polar surface area (TPSA) is 67.2 Å². The van der Waals surface area contributed by atoms with Crippen LogP contribution in [0, 0.1) is 20.8 Å². The molecule has 0 aliphatic rings. The molecule has 6 heteroatoms. The standard InChI is InChI=1S/C21H22ClN3O2/c1-13-8-9-17(10-19(13)22)25-15(3)18(14(2)24-25)11-21(27)23-12-16-6-4-5-7-20(16)26/h4-10,26H,11-12H2,1-3H3,(H,23,27). The zero-order valence-corrected chi connectivity index (χ0v) is 16.3.